The van der Waals surface area contributed by atoms with Crippen LogP contribution in [-0.2, 0) is 10.0 Å². The number of para-hydroxylation sites is 2. The van der Waals surface area contributed by atoms with Gasteiger partial charge >= 0.3 is 0 Å². The summed E-state index contributed by atoms with van der Waals surface area (Å²) in [6, 6.07) is 18.5. The van der Waals surface area contributed by atoms with Gasteiger partial charge in [0, 0.05) is 16.4 Å². The van der Waals surface area contributed by atoms with Gasteiger partial charge in [0.05, 0.1) is 17.7 Å². The second-order valence-corrected chi connectivity index (χ2v) is 8.90. The fraction of sp³-hybridized carbons (Fsp3) is 0.0952. The molecular formula is C21H20ClN3O3S2. The van der Waals surface area contributed by atoms with E-state index in [4.69, 9.17) is 28.6 Å². The van der Waals surface area contributed by atoms with Gasteiger partial charge in [-0.15, -0.1) is 0 Å². The normalized spacial score (nSPS) is 10.9. The number of methoxy groups -OCH3 is 1. The molecule has 0 aliphatic rings. The lowest BCUT2D eigenvalue weighted by molar-refractivity contribution is 0.417. The van der Waals surface area contributed by atoms with E-state index in [1.807, 2.05) is 13.0 Å². The highest BCUT2D eigenvalue weighted by molar-refractivity contribution is 7.92. The molecule has 0 aromatic heterocycles. The van der Waals surface area contributed by atoms with Crippen LogP contribution in [0, 0.1) is 6.92 Å². The molecule has 3 rings (SSSR count). The van der Waals surface area contributed by atoms with E-state index < -0.39 is 10.0 Å². The molecule has 3 aromatic rings. The van der Waals surface area contributed by atoms with Gasteiger partial charge in [0.1, 0.15) is 5.75 Å². The molecule has 0 radical (unpaired) electrons. The minimum atomic E-state index is -3.77. The zero-order valence-corrected chi connectivity index (χ0v) is 18.7. The molecule has 0 saturated carbocycles. The largest absolute Gasteiger partial charge is 0.495 e. The quantitative estimate of drug-likeness (QED) is 0.434. The van der Waals surface area contributed by atoms with Crippen molar-refractivity contribution in [2.24, 2.45) is 0 Å². The smallest absolute Gasteiger partial charge is 0.262 e. The van der Waals surface area contributed by atoms with Crippen LogP contribution in [0.15, 0.2) is 71.6 Å². The summed E-state index contributed by atoms with van der Waals surface area (Å²) in [5.74, 6) is 0.437. The molecule has 9 heteroatoms. The number of hydrogen-bond donors (Lipinski definition) is 3. The Morgan fingerprint density at radius 1 is 0.967 bits per heavy atom. The average molecular weight is 462 g/mol. The van der Waals surface area contributed by atoms with Gasteiger partial charge < -0.3 is 15.4 Å². The van der Waals surface area contributed by atoms with Crippen molar-refractivity contribution in [1.29, 1.82) is 0 Å². The predicted octanol–water partition coefficient (Wildman–Crippen LogP) is 5.27. The Hall–Kier alpha value is -2.81. The minimum Gasteiger partial charge on any atom is -0.495 e. The van der Waals surface area contributed by atoms with E-state index in [2.05, 4.69) is 15.4 Å². The third-order valence-corrected chi connectivity index (χ3v) is 6.04. The van der Waals surface area contributed by atoms with Gasteiger partial charge in [-0.1, -0.05) is 29.8 Å². The van der Waals surface area contributed by atoms with Crippen LogP contribution in [0.25, 0.3) is 0 Å². The lowest BCUT2D eigenvalue weighted by Crippen LogP contribution is -2.19. The van der Waals surface area contributed by atoms with Gasteiger partial charge in [0.15, 0.2) is 5.11 Å². The van der Waals surface area contributed by atoms with Gasteiger partial charge in [-0.2, -0.15) is 0 Å². The number of sulfonamides is 1. The maximum absolute atomic E-state index is 12.7. The van der Waals surface area contributed by atoms with Crippen molar-refractivity contribution in [2.45, 2.75) is 11.8 Å². The van der Waals surface area contributed by atoms with Crippen LogP contribution in [0.4, 0.5) is 17.1 Å². The van der Waals surface area contributed by atoms with Crippen LogP contribution in [0.1, 0.15) is 5.56 Å². The first kappa shape index (κ1) is 21.9. The summed E-state index contributed by atoms with van der Waals surface area (Å²) in [6.07, 6.45) is 0. The lowest BCUT2D eigenvalue weighted by Gasteiger charge is -2.14. The summed E-state index contributed by atoms with van der Waals surface area (Å²) in [5, 5.41) is 7.07. The number of hydrogen-bond acceptors (Lipinski definition) is 4. The summed E-state index contributed by atoms with van der Waals surface area (Å²) in [7, 11) is -2.29. The lowest BCUT2D eigenvalue weighted by atomic mass is 10.2. The number of halogens is 1. The molecule has 0 amide bonds. The highest BCUT2D eigenvalue weighted by Crippen LogP contribution is 2.26. The van der Waals surface area contributed by atoms with E-state index in [0.29, 0.717) is 27.3 Å². The Bertz CT molecular complexity index is 1170. The molecule has 0 aliphatic heterocycles. The van der Waals surface area contributed by atoms with E-state index in [1.54, 1.807) is 48.5 Å². The maximum Gasteiger partial charge on any atom is 0.262 e. The third kappa shape index (κ3) is 5.41. The molecule has 6 nitrogen and oxygen atoms in total. The van der Waals surface area contributed by atoms with Crippen molar-refractivity contribution in [3.05, 3.63) is 77.3 Å². The first-order valence-corrected chi connectivity index (χ1v) is 11.2. The van der Waals surface area contributed by atoms with Crippen molar-refractivity contribution in [1.82, 2.24) is 0 Å². The fourth-order valence-corrected chi connectivity index (χ4v) is 4.13. The number of benzene rings is 3. The second-order valence-electron chi connectivity index (χ2n) is 6.37. The van der Waals surface area contributed by atoms with Gasteiger partial charge in [-0.25, -0.2) is 8.42 Å². The highest BCUT2D eigenvalue weighted by Gasteiger charge is 2.16. The molecule has 0 unspecified atom stereocenters. The number of thiocarbonyl (C=S) groups is 1. The van der Waals surface area contributed by atoms with E-state index >= 15 is 0 Å². The van der Waals surface area contributed by atoms with Crippen molar-refractivity contribution < 1.29 is 13.2 Å². The topological polar surface area (TPSA) is 79.5 Å². The standard InChI is InChI=1S/C21H20ClN3O3S2/c1-14-7-8-15(22)13-19(14)24-21(29)23-16-9-11-17(12-10-16)30(26,27)25-18-5-3-4-6-20(18)28-2/h3-13,25H,1-2H3,(H2,23,24,29). The first-order chi connectivity index (χ1) is 14.3. The Labute approximate surface area is 186 Å². The highest BCUT2D eigenvalue weighted by atomic mass is 35.5. The number of ether oxygens (including phenoxy) is 1. The van der Waals surface area contributed by atoms with E-state index in [0.717, 1.165) is 11.3 Å². The van der Waals surface area contributed by atoms with Crippen LogP contribution in [-0.4, -0.2) is 20.6 Å². The Kier molecular flexibility index (Phi) is 6.81. The van der Waals surface area contributed by atoms with Gasteiger partial charge in [0.2, 0.25) is 0 Å². The second kappa shape index (κ2) is 9.34. The zero-order chi connectivity index (χ0) is 21.7. The molecule has 0 spiro atoms. The zero-order valence-electron chi connectivity index (χ0n) is 16.3. The molecule has 3 aromatic carbocycles. The Morgan fingerprint density at radius 3 is 2.37 bits per heavy atom. The molecule has 0 fully saturated rings. The van der Waals surface area contributed by atoms with Crippen LogP contribution in [0.3, 0.4) is 0 Å². The SMILES string of the molecule is COc1ccccc1NS(=O)(=O)c1ccc(NC(=S)Nc2cc(Cl)ccc2C)cc1. The Balaban J connectivity index is 1.69. The molecule has 0 heterocycles. The van der Waals surface area contributed by atoms with E-state index in [1.165, 1.54) is 19.2 Å². The monoisotopic (exact) mass is 461 g/mol. The van der Waals surface area contributed by atoms with Crippen LogP contribution in [0.2, 0.25) is 5.02 Å². The van der Waals surface area contributed by atoms with Crippen molar-refractivity contribution in [2.75, 3.05) is 22.5 Å². The van der Waals surface area contributed by atoms with Crippen molar-refractivity contribution in [3.8, 4) is 5.75 Å². The number of aryl methyl sites for hydroxylation is 1. The molecular weight excluding hydrogens is 442 g/mol. The third-order valence-electron chi connectivity index (χ3n) is 4.22. The van der Waals surface area contributed by atoms with E-state index in [9.17, 15) is 8.42 Å². The van der Waals surface area contributed by atoms with Crippen molar-refractivity contribution in [3.63, 3.8) is 0 Å². The molecule has 30 heavy (non-hydrogen) atoms. The molecule has 0 atom stereocenters. The molecule has 0 saturated heterocycles. The number of nitrogens with one attached hydrogen (secondary N) is 3. The summed E-state index contributed by atoms with van der Waals surface area (Å²) >= 11 is 11.4. The summed E-state index contributed by atoms with van der Waals surface area (Å²) < 4.78 is 33.1. The average Bonchev–Trinajstić information content (AvgIpc) is 2.71. The van der Waals surface area contributed by atoms with Gasteiger partial charge in [-0.3, -0.25) is 4.72 Å². The van der Waals surface area contributed by atoms with Gasteiger partial charge in [0.25, 0.3) is 10.0 Å². The summed E-state index contributed by atoms with van der Waals surface area (Å²) in [5.41, 5.74) is 2.79. The van der Waals surface area contributed by atoms with Crippen LogP contribution in [0.5, 0.6) is 5.75 Å². The van der Waals surface area contributed by atoms with Crippen LogP contribution < -0.4 is 20.1 Å². The van der Waals surface area contributed by atoms with Crippen LogP contribution >= 0.6 is 23.8 Å². The molecule has 3 N–H and O–H groups in total. The van der Waals surface area contributed by atoms with Crippen molar-refractivity contribution >= 4 is 56.0 Å². The minimum absolute atomic E-state index is 0.114. The van der Waals surface area contributed by atoms with E-state index in [-0.39, 0.29) is 4.90 Å². The summed E-state index contributed by atoms with van der Waals surface area (Å²) in [6.45, 7) is 1.94. The number of rotatable bonds is 6. The van der Waals surface area contributed by atoms with Gasteiger partial charge in [-0.05, 0) is 73.2 Å². The predicted molar refractivity (Wildman–Crippen MR) is 126 cm³/mol. The Morgan fingerprint density at radius 2 is 1.67 bits per heavy atom. The molecule has 0 aliphatic carbocycles. The maximum atomic E-state index is 12.7. The fourth-order valence-electron chi connectivity index (χ4n) is 2.66. The summed E-state index contributed by atoms with van der Waals surface area (Å²) in [4.78, 5) is 0.114. The molecule has 0 bridgehead atoms. The molecule has 156 valence electrons. The number of anilines is 3. The first-order valence-electron chi connectivity index (χ1n) is 8.88.